The van der Waals surface area contributed by atoms with E-state index in [2.05, 4.69) is 30.2 Å². The van der Waals surface area contributed by atoms with E-state index in [0.717, 1.165) is 17.8 Å². The maximum atomic E-state index is 14.5. The standard InChI is InChI=1S/C40H45F2N9O6/c1-24-11-9-12-31(47-24)40(48-35(52)55-8)15-10-16-49(21-40)30-19-43-29(25-13-14-27(41)28(42)17-25)18-26(30)20-50-23-46-32-33(50)44-22-45-34(32)51(36(53)56-38(2,3)4)37(54)57-39(5,6)7/h9,11-14,17-19,22-23H,10,15-16,20-21H2,1-8H3,(H,48,52). The molecule has 3 amide bonds. The van der Waals surface area contributed by atoms with Crippen LogP contribution in [0, 0.1) is 18.6 Å². The Morgan fingerprint density at radius 3 is 2.30 bits per heavy atom. The number of aromatic nitrogens is 6. The number of ether oxygens (including phenoxy) is 3. The minimum atomic E-state index is -1.02. The van der Waals surface area contributed by atoms with Crippen LogP contribution in [-0.2, 0) is 26.3 Å². The van der Waals surface area contributed by atoms with Crippen molar-refractivity contribution in [3.05, 3.63) is 89.9 Å². The molecule has 6 rings (SSSR count). The van der Waals surface area contributed by atoms with Gasteiger partial charge < -0.3 is 29.0 Å². The molecule has 1 aliphatic rings. The van der Waals surface area contributed by atoms with Crippen LogP contribution in [0.1, 0.15) is 71.3 Å². The van der Waals surface area contributed by atoms with E-state index in [0.29, 0.717) is 52.5 Å². The lowest BCUT2D eigenvalue weighted by atomic mass is 9.84. The van der Waals surface area contributed by atoms with E-state index in [1.807, 2.05) is 25.1 Å². The number of alkyl carbamates (subject to hydrolysis) is 1. The summed E-state index contributed by atoms with van der Waals surface area (Å²) in [5.74, 6) is -2.17. The van der Waals surface area contributed by atoms with Crippen molar-refractivity contribution in [1.82, 2.24) is 34.8 Å². The van der Waals surface area contributed by atoms with Crippen LogP contribution in [-0.4, -0.2) is 79.2 Å². The maximum absolute atomic E-state index is 14.5. The van der Waals surface area contributed by atoms with E-state index < -0.39 is 46.7 Å². The molecule has 0 spiro atoms. The summed E-state index contributed by atoms with van der Waals surface area (Å²) in [6.07, 6.45) is 2.91. The van der Waals surface area contributed by atoms with Crippen LogP contribution in [0.3, 0.4) is 0 Å². The first-order chi connectivity index (χ1) is 26.9. The van der Waals surface area contributed by atoms with Gasteiger partial charge in [-0.3, -0.25) is 9.97 Å². The Hall–Kier alpha value is -6.26. The lowest BCUT2D eigenvalue weighted by Gasteiger charge is -2.44. The van der Waals surface area contributed by atoms with Crippen molar-refractivity contribution in [2.24, 2.45) is 0 Å². The summed E-state index contributed by atoms with van der Waals surface area (Å²) in [5.41, 5.74) is 1.00. The van der Waals surface area contributed by atoms with Gasteiger partial charge in [0.2, 0.25) is 0 Å². The number of aryl methyl sites for hydroxylation is 1. The van der Waals surface area contributed by atoms with Crippen molar-refractivity contribution < 1.29 is 37.4 Å². The van der Waals surface area contributed by atoms with Gasteiger partial charge in [0.1, 0.15) is 23.1 Å². The van der Waals surface area contributed by atoms with Gasteiger partial charge in [0.05, 0.1) is 43.3 Å². The Kier molecular flexibility index (Phi) is 11.1. The van der Waals surface area contributed by atoms with Gasteiger partial charge in [-0.05, 0) is 103 Å². The van der Waals surface area contributed by atoms with Crippen molar-refractivity contribution in [3.63, 3.8) is 0 Å². The Labute approximate surface area is 328 Å². The fourth-order valence-corrected chi connectivity index (χ4v) is 6.60. The Bertz CT molecular complexity index is 2300. The molecule has 5 aromatic rings. The lowest BCUT2D eigenvalue weighted by Crippen LogP contribution is -2.57. The molecular weight excluding hydrogens is 740 g/mol. The summed E-state index contributed by atoms with van der Waals surface area (Å²) in [5, 5.41) is 3.05. The van der Waals surface area contributed by atoms with Crippen LogP contribution in [0.15, 0.2) is 61.3 Å². The van der Waals surface area contributed by atoms with Crippen molar-refractivity contribution in [2.75, 3.05) is 30.0 Å². The fourth-order valence-electron chi connectivity index (χ4n) is 6.60. The summed E-state index contributed by atoms with van der Waals surface area (Å²) < 4.78 is 46.3. The average Bonchev–Trinajstić information content (AvgIpc) is 3.54. The number of imide groups is 1. The average molecular weight is 786 g/mol. The van der Waals surface area contributed by atoms with Gasteiger partial charge in [0.15, 0.2) is 28.6 Å². The first-order valence-electron chi connectivity index (χ1n) is 18.3. The number of halogens is 2. The molecule has 1 aromatic carbocycles. The number of pyridine rings is 2. The van der Waals surface area contributed by atoms with Crippen LogP contribution >= 0.6 is 0 Å². The van der Waals surface area contributed by atoms with Crippen LogP contribution in [0.2, 0.25) is 0 Å². The summed E-state index contributed by atoms with van der Waals surface area (Å²) in [6, 6.07) is 10.9. The number of nitrogens with zero attached hydrogens (tertiary/aromatic N) is 8. The smallest absolute Gasteiger partial charge is 0.425 e. The van der Waals surface area contributed by atoms with Crippen molar-refractivity contribution in [2.45, 2.75) is 84.6 Å². The van der Waals surface area contributed by atoms with E-state index in [1.165, 1.54) is 25.8 Å². The Morgan fingerprint density at radius 1 is 0.930 bits per heavy atom. The number of imidazole rings is 1. The molecule has 1 saturated heterocycles. The van der Waals surface area contributed by atoms with Gasteiger partial charge in [0, 0.05) is 24.3 Å². The highest BCUT2D eigenvalue weighted by atomic mass is 19.2. The zero-order valence-electron chi connectivity index (χ0n) is 33.1. The predicted octanol–water partition coefficient (Wildman–Crippen LogP) is 7.45. The van der Waals surface area contributed by atoms with E-state index in [9.17, 15) is 23.2 Å². The van der Waals surface area contributed by atoms with E-state index in [4.69, 9.17) is 19.2 Å². The SMILES string of the molecule is COC(=O)NC1(c2cccc(C)n2)CCCN(c2cnc(-c3ccc(F)c(F)c3)cc2Cn2cnc3c(N(C(=O)OC(C)(C)C)C(=O)OC(C)(C)C)ncnc32)C1. The second-order valence-electron chi connectivity index (χ2n) is 15.8. The molecular formula is C40H45F2N9O6. The molecule has 57 heavy (non-hydrogen) atoms. The molecule has 4 aromatic heterocycles. The van der Waals surface area contributed by atoms with Crippen LogP contribution in [0.5, 0.6) is 0 Å². The summed E-state index contributed by atoms with van der Waals surface area (Å²) in [7, 11) is 1.30. The number of rotatable bonds is 7. The van der Waals surface area contributed by atoms with Gasteiger partial charge in [-0.15, -0.1) is 0 Å². The fraction of sp³-hybridized carbons (Fsp3) is 0.400. The molecule has 0 radical (unpaired) electrons. The normalized spacial score (nSPS) is 15.9. The number of carbonyl (C=O) groups excluding carboxylic acids is 3. The predicted molar refractivity (Wildman–Crippen MR) is 207 cm³/mol. The number of nitrogens with one attached hydrogen (secondary N) is 1. The number of piperidine rings is 1. The monoisotopic (exact) mass is 785 g/mol. The van der Waals surface area contributed by atoms with Crippen molar-refractivity contribution in [1.29, 1.82) is 0 Å². The molecule has 17 heteroatoms. The third-order valence-corrected chi connectivity index (χ3v) is 9.01. The second-order valence-corrected chi connectivity index (χ2v) is 15.8. The first-order valence-corrected chi connectivity index (χ1v) is 18.3. The number of benzene rings is 1. The minimum Gasteiger partial charge on any atom is -0.453 e. The number of anilines is 2. The molecule has 0 bridgehead atoms. The molecule has 1 fully saturated rings. The van der Waals surface area contributed by atoms with Gasteiger partial charge in [0.25, 0.3) is 0 Å². The number of hydrogen-bond acceptors (Lipinski definition) is 12. The van der Waals surface area contributed by atoms with Crippen LogP contribution < -0.4 is 15.1 Å². The molecule has 1 unspecified atom stereocenters. The topological polar surface area (TPSA) is 167 Å². The van der Waals surface area contributed by atoms with Gasteiger partial charge in [-0.2, -0.15) is 4.90 Å². The molecule has 300 valence electrons. The van der Waals surface area contributed by atoms with Crippen LogP contribution in [0.25, 0.3) is 22.4 Å². The van der Waals surface area contributed by atoms with Crippen molar-refractivity contribution in [3.8, 4) is 11.3 Å². The minimum absolute atomic E-state index is 0.107. The molecule has 0 saturated carbocycles. The third kappa shape index (κ3) is 9.08. The van der Waals surface area contributed by atoms with E-state index >= 15 is 0 Å². The molecule has 1 aliphatic heterocycles. The molecule has 1 atom stereocenters. The number of hydrogen-bond donors (Lipinski definition) is 1. The third-order valence-electron chi connectivity index (χ3n) is 9.01. The summed E-state index contributed by atoms with van der Waals surface area (Å²) in [4.78, 5) is 65.4. The second kappa shape index (κ2) is 15.7. The number of amides is 3. The van der Waals surface area contributed by atoms with E-state index in [-0.39, 0.29) is 30.1 Å². The number of carbonyl (C=O) groups is 3. The molecule has 1 N–H and O–H groups in total. The Morgan fingerprint density at radius 2 is 1.65 bits per heavy atom. The highest BCUT2D eigenvalue weighted by Gasteiger charge is 2.41. The Balaban J connectivity index is 1.46. The van der Waals surface area contributed by atoms with Crippen LogP contribution in [0.4, 0.5) is 34.7 Å². The highest BCUT2D eigenvalue weighted by molar-refractivity contribution is 6.12. The quantitative estimate of drug-likeness (QED) is 0.162. The number of fused-ring (bicyclic) bond motifs is 1. The highest BCUT2D eigenvalue weighted by Crippen LogP contribution is 2.37. The zero-order valence-corrected chi connectivity index (χ0v) is 33.1. The number of methoxy groups -OCH3 is 1. The van der Waals surface area contributed by atoms with Gasteiger partial charge >= 0.3 is 18.3 Å². The molecule has 0 aliphatic carbocycles. The van der Waals surface area contributed by atoms with Crippen molar-refractivity contribution >= 4 is 40.9 Å². The summed E-state index contributed by atoms with van der Waals surface area (Å²) in [6.45, 7) is 12.8. The molecule has 15 nitrogen and oxygen atoms in total. The van der Waals surface area contributed by atoms with Gasteiger partial charge in [-0.1, -0.05) is 6.07 Å². The largest absolute Gasteiger partial charge is 0.453 e. The molecule has 5 heterocycles. The summed E-state index contributed by atoms with van der Waals surface area (Å²) >= 11 is 0. The maximum Gasteiger partial charge on any atom is 0.425 e. The zero-order chi connectivity index (χ0) is 41.3. The van der Waals surface area contributed by atoms with E-state index in [1.54, 1.807) is 58.4 Å². The first kappa shape index (κ1) is 40.4. The van der Waals surface area contributed by atoms with Gasteiger partial charge in [-0.25, -0.2) is 38.1 Å². The lowest BCUT2D eigenvalue weighted by molar-refractivity contribution is 0.0429.